The molecule has 0 saturated carbocycles. The van der Waals surface area contributed by atoms with E-state index in [1.54, 1.807) is 121 Å². The van der Waals surface area contributed by atoms with Crippen molar-refractivity contribution in [2.45, 2.75) is 0 Å². The molecule has 0 bridgehead atoms. The molecule has 0 saturated heterocycles. The zero-order valence-corrected chi connectivity index (χ0v) is 23.5. The Morgan fingerprint density at radius 1 is 0.436 bits per heavy atom. The first-order valence-electron chi connectivity index (χ1n) is 12.1. The van der Waals surface area contributed by atoms with Crippen molar-refractivity contribution < 1.29 is 35.6 Å². The Balaban J connectivity index is 1.47. The van der Waals surface area contributed by atoms with E-state index in [1.165, 1.54) is 0 Å². The Morgan fingerprint density at radius 2 is 0.667 bits per heavy atom. The van der Waals surface area contributed by atoms with E-state index in [4.69, 9.17) is 18.1 Å². The number of hydrogen-bond acceptors (Lipinski definition) is 8. The minimum absolute atomic E-state index is 0.284. The standard InChI is InChI=1S/C28H28O8P2S/c29-37(33-25-13-5-1-6-14-25,34-26-15-7-2-8-16-26)21-23-39(31,32)24-22-38(30,35-27-17-9-3-10-18-27)36-28-19-11-4-12-20-28/h1-20H,21-24H2. The van der Waals surface area contributed by atoms with Crippen molar-refractivity contribution in [2.75, 3.05) is 23.8 Å². The van der Waals surface area contributed by atoms with E-state index in [9.17, 15) is 17.5 Å². The lowest BCUT2D eigenvalue weighted by molar-refractivity contribution is 0.387. The third kappa shape index (κ3) is 9.32. The minimum Gasteiger partial charge on any atom is -0.416 e. The van der Waals surface area contributed by atoms with Gasteiger partial charge in [0.1, 0.15) is 23.0 Å². The van der Waals surface area contributed by atoms with Crippen LogP contribution in [0.4, 0.5) is 0 Å². The maximum absolute atomic E-state index is 13.7. The van der Waals surface area contributed by atoms with E-state index >= 15 is 0 Å². The van der Waals surface area contributed by atoms with Crippen LogP contribution in [0.15, 0.2) is 121 Å². The molecule has 0 amide bonds. The summed E-state index contributed by atoms with van der Waals surface area (Å²) in [7, 11) is -11.8. The van der Waals surface area contributed by atoms with Crippen LogP contribution in [0.5, 0.6) is 23.0 Å². The van der Waals surface area contributed by atoms with E-state index in [0.717, 1.165) is 0 Å². The first-order valence-corrected chi connectivity index (χ1v) is 17.4. The summed E-state index contributed by atoms with van der Waals surface area (Å²) in [5, 5.41) is 0. The largest absolute Gasteiger partial charge is 0.431 e. The highest BCUT2D eigenvalue weighted by Crippen LogP contribution is 2.50. The Labute approximate surface area is 228 Å². The lowest BCUT2D eigenvalue weighted by Gasteiger charge is -2.21. The molecular weight excluding hydrogens is 558 g/mol. The van der Waals surface area contributed by atoms with Gasteiger partial charge in [0.2, 0.25) is 0 Å². The molecule has 204 valence electrons. The first kappa shape index (κ1) is 28.5. The van der Waals surface area contributed by atoms with Crippen LogP contribution in [0.1, 0.15) is 0 Å². The van der Waals surface area contributed by atoms with Crippen LogP contribution in [0.3, 0.4) is 0 Å². The van der Waals surface area contributed by atoms with E-state index < -0.39 is 48.9 Å². The fourth-order valence-electron chi connectivity index (χ4n) is 3.39. The number of para-hydroxylation sites is 4. The fourth-order valence-corrected chi connectivity index (χ4v) is 9.82. The molecule has 0 aliphatic heterocycles. The van der Waals surface area contributed by atoms with Crippen molar-refractivity contribution in [2.24, 2.45) is 0 Å². The molecule has 39 heavy (non-hydrogen) atoms. The van der Waals surface area contributed by atoms with Gasteiger partial charge in [0, 0.05) is 0 Å². The molecule has 0 radical (unpaired) electrons. The smallest absolute Gasteiger partial charge is 0.416 e. The lowest BCUT2D eigenvalue weighted by atomic mass is 10.3. The average molecular weight is 587 g/mol. The number of benzene rings is 4. The average Bonchev–Trinajstić information content (AvgIpc) is 2.93. The van der Waals surface area contributed by atoms with Crippen LogP contribution in [0, 0.1) is 0 Å². The second-order valence-electron chi connectivity index (χ2n) is 8.44. The van der Waals surface area contributed by atoms with Gasteiger partial charge in [-0.15, -0.1) is 0 Å². The first-order chi connectivity index (χ1) is 18.7. The Hall–Kier alpha value is -3.51. The molecule has 0 fully saturated rings. The molecule has 11 heteroatoms. The SMILES string of the molecule is O=P(CCS(=O)(=O)CCP(=O)(Oc1ccccc1)Oc1ccccc1)(Oc1ccccc1)Oc1ccccc1. The second-order valence-corrected chi connectivity index (χ2v) is 14.8. The third-order valence-corrected chi connectivity index (χ3v) is 11.1. The monoisotopic (exact) mass is 586 g/mol. The lowest BCUT2D eigenvalue weighted by Crippen LogP contribution is -2.21. The molecule has 4 rings (SSSR count). The second kappa shape index (κ2) is 13.0. The third-order valence-electron chi connectivity index (χ3n) is 5.30. The highest BCUT2D eigenvalue weighted by atomic mass is 32.2. The highest BCUT2D eigenvalue weighted by Gasteiger charge is 2.34. The number of sulfone groups is 1. The molecule has 0 aliphatic carbocycles. The van der Waals surface area contributed by atoms with Crippen molar-refractivity contribution in [1.82, 2.24) is 0 Å². The normalized spacial score (nSPS) is 11.9. The topological polar surface area (TPSA) is 105 Å². The van der Waals surface area contributed by atoms with Crippen molar-refractivity contribution in [3.05, 3.63) is 121 Å². The zero-order chi connectivity index (χ0) is 27.6. The van der Waals surface area contributed by atoms with Gasteiger partial charge in [0.25, 0.3) is 0 Å². The van der Waals surface area contributed by atoms with Crippen molar-refractivity contribution in [1.29, 1.82) is 0 Å². The van der Waals surface area contributed by atoms with Gasteiger partial charge in [0.15, 0.2) is 9.84 Å². The molecule has 0 unspecified atom stereocenters. The van der Waals surface area contributed by atoms with Crippen LogP contribution in [-0.2, 0) is 19.0 Å². The van der Waals surface area contributed by atoms with E-state index in [1.807, 2.05) is 0 Å². The van der Waals surface area contributed by atoms with Crippen LogP contribution in [-0.4, -0.2) is 32.2 Å². The van der Waals surface area contributed by atoms with Gasteiger partial charge in [0.05, 0.1) is 23.8 Å². The molecule has 8 nitrogen and oxygen atoms in total. The van der Waals surface area contributed by atoms with Gasteiger partial charge >= 0.3 is 15.2 Å². The summed E-state index contributed by atoms with van der Waals surface area (Å²) in [4.78, 5) is 0. The zero-order valence-electron chi connectivity index (χ0n) is 20.9. The molecule has 0 aliphatic rings. The summed E-state index contributed by atoms with van der Waals surface area (Å²) >= 11 is 0. The molecule has 0 spiro atoms. The van der Waals surface area contributed by atoms with Gasteiger partial charge in [-0.25, -0.2) is 17.5 Å². The Bertz CT molecular complexity index is 1320. The molecule has 0 N–H and O–H groups in total. The van der Waals surface area contributed by atoms with Gasteiger partial charge in [-0.3, -0.25) is 0 Å². The molecule has 0 atom stereocenters. The van der Waals surface area contributed by atoms with Crippen molar-refractivity contribution in [3.8, 4) is 23.0 Å². The molecular formula is C28H28O8P2S. The summed E-state index contributed by atoms with van der Waals surface area (Å²) in [6.07, 6.45) is -0.828. The van der Waals surface area contributed by atoms with Gasteiger partial charge in [-0.2, -0.15) is 0 Å². The van der Waals surface area contributed by atoms with E-state index in [0.29, 0.717) is 0 Å². The summed E-state index contributed by atoms with van der Waals surface area (Å²) in [5.74, 6) is 0.0797. The van der Waals surface area contributed by atoms with Gasteiger partial charge in [-0.1, -0.05) is 72.8 Å². The quantitative estimate of drug-likeness (QED) is 0.144. The summed E-state index contributed by atoms with van der Waals surface area (Å²) < 4.78 is 76.2. The Morgan fingerprint density at radius 3 is 0.897 bits per heavy atom. The van der Waals surface area contributed by atoms with Crippen LogP contribution >= 0.6 is 15.2 Å². The highest BCUT2D eigenvalue weighted by molar-refractivity contribution is 7.92. The maximum Gasteiger partial charge on any atom is 0.431 e. The van der Waals surface area contributed by atoms with E-state index in [2.05, 4.69) is 0 Å². The predicted molar refractivity (Wildman–Crippen MR) is 152 cm³/mol. The summed E-state index contributed by atoms with van der Waals surface area (Å²) in [6.45, 7) is 0. The Kier molecular flexibility index (Phi) is 9.52. The predicted octanol–water partition coefficient (Wildman–Crippen LogP) is 7.10. The van der Waals surface area contributed by atoms with E-state index in [-0.39, 0.29) is 23.0 Å². The maximum atomic E-state index is 13.7. The van der Waals surface area contributed by atoms with Crippen LogP contribution in [0.25, 0.3) is 0 Å². The van der Waals surface area contributed by atoms with Gasteiger partial charge < -0.3 is 18.1 Å². The van der Waals surface area contributed by atoms with Crippen molar-refractivity contribution >= 4 is 25.0 Å². The molecule has 0 heterocycles. The summed E-state index contributed by atoms with van der Waals surface area (Å²) in [6, 6.07) is 33.6. The van der Waals surface area contributed by atoms with Crippen molar-refractivity contribution in [3.63, 3.8) is 0 Å². The van der Waals surface area contributed by atoms with Crippen LogP contribution < -0.4 is 18.1 Å². The number of rotatable bonds is 14. The minimum atomic E-state index is -3.94. The molecule has 0 aromatic heterocycles. The molecule has 4 aromatic rings. The van der Waals surface area contributed by atoms with Gasteiger partial charge in [-0.05, 0) is 48.5 Å². The summed E-state index contributed by atoms with van der Waals surface area (Å²) in [5.41, 5.74) is 0. The van der Waals surface area contributed by atoms with Crippen LogP contribution in [0.2, 0.25) is 0 Å². The fraction of sp³-hybridized carbons (Fsp3) is 0.143. The number of hydrogen-bond donors (Lipinski definition) is 0. The molecule has 4 aromatic carbocycles.